The number of halogens is 2. The van der Waals surface area contributed by atoms with Crippen LogP contribution in [-0.2, 0) is 16.9 Å². The van der Waals surface area contributed by atoms with Crippen molar-refractivity contribution in [1.82, 2.24) is 10.2 Å². The molecule has 1 aliphatic rings. The molecule has 1 amide bonds. The minimum absolute atomic E-state index is 0.0101. The number of benzene rings is 2. The minimum atomic E-state index is -0.507. The van der Waals surface area contributed by atoms with Gasteiger partial charge in [0.05, 0.1) is 12.6 Å². The van der Waals surface area contributed by atoms with Crippen LogP contribution in [-0.4, -0.2) is 36.1 Å². The van der Waals surface area contributed by atoms with Crippen molar-refractivity contribution < 1.29 is 19.0 Å². The molecule has 0 saturated carbocycles. The van der Waals surface area contributed by atoms with Crippen LogP contribution in [0.2, 0.25) is 5.02 Å². The summed E-state index contributed by atoms with van der Waals surface area (Å²) in [5, 5.41) is 13.4. The second-order valence-corrected chi connectivity index (χ2v) is 7.57. The van der Waals surface area contributed by atoms with Gasteiger partial charge in [-0.3, -0.25) is 9.69 Å². The number of rotatable bonds is 5. The zero-order valence-electron chi connectivity index (χ0n) is 16.0. The van der Waals surface area contributed by atoms with Crippen LogP contribution in [0, 0.1) is 5.82 Å². The van der Waals surface area contributed by atoms with Gasteiger partial charge in [0, 0.05) is 37.6 Å². The number of nitrogens with zero attached hydrogens (tertiary/aromatic N) is 1. The fraction of sp³-hybridized carbons (Fsp3) is 0.381. The highest BCUT2D eigenvalue weighted by atomic mass is 35.5. The molecule has 0 radical (unpaired) electrons. The van der Waals surface area contributed by atoms with E-state index in [2.05, 4.69) is 10.2 Å². The molecule has 2 aromatic rings. The van der Waals surface area contributed by atoms with E-state index < -0.39 is 5.54 Å². The van der Waals surface area contributed by atoms with Crippen molar-refractivity contribution in [3.63, 3.8) is 0 Å². The lowest BCUT2D eigenvalue weighted by Gasteiger charge is -2.42. The summed E-state index contributed by atoms with van der Waals surface area (Å²) in [6.07, 6.45) is 1.40. The molecule has 1 fully saturated rings. The quantitative estimate of drug-likeness (QED) is 0.792. The second-order valence-electron chi connectivity index (χ2n) is 7.16. The van der Waals surface area contributed by atoms with Crippen LogP contribution in [0.3, 0.4) is 0 Å². The number of likely N-dealkylation sites (tertiary alicyclic amines) is 1. The average Bonchev–Trinajstić information content (AvgIpc) is 2.65. The number of hydrogen-bond acceptors (Lipinski definition) is 4. The standard InChI is InChI=1S/C21H24ClFN2O3/c1-14(26)24-21(16-3-5-17(23)6-4-16)7-9-25(10-8-21)13-15-11-20(28-2)19(27)12-18(15)22/h3-6,11-12,27H,7-10,13H2,1-2H3,(H,24,26). The maximum Gasteiger partial charge on any atom is 0.217 e. The molecule has 0 bridgehead atoms. The van der Waals surface area contributed by atoms with Crippen LogP contribution in [0.15, 0.2) is 36.4 Å². The normalized spacial score (nSPS) is 16.6. The maximum absolute atomic E-state index is 13.3. The summed E-state index contributed by atoms with van der Waals surface area (Å²) in [6.45, 7) is 3.57. The van der Waals surface area contributed by atoms with Crippen molar-refractivity contribution in [1.29, 1.82) is 0 Å². The van der Waals surface area contributed by atoms with Gasteiger partial charge in [-0.15, -0.1) is 0 Å². The SMILES string of the molecule is COc1cc(CN2CCC(NC(C)=O)(c3ccc(F)cc3)CC2)c(Cl)cc1O. The lowest BCUT2D eigenvalue weighted by atomic mass is 9.80. The largest absolute Gasteiger partial charge is 0.504 e. The predicted molar refractivity (Wildman–Crippen MR) is 106 cm³/mol. The number of piperidine rings is 1. The molecule has 2 N–H and O–H groups in total. The number of aromatic hydroxyl groups is 1. The Morgan fingerprint density at radius 2 is 1.93 bits per heavy atom. The Kier molecular flexibility index (Phi) is 6.10. The van der Waals surface area contributed by atoms with Gasteiger partial charge < -0.3 is 15.2 Å². The van der Waals surface area contributed by atoms with E-state index >= 15 is 0 Å². The zero-order chi connectivity index (χ0) is 20.3. The Bertz CT molecular complexity index is 849. The minimum Gasteiger partial charge on any atom is -0.504 e. The summed E-state index contributed by atoms with van der Waals surface area (Å²) in [5.74, 6) is -0.00892. The summed E-state index contributed by atoms with van der Waals surface area (Å²) in [7, 11) is 1.50. The maximum atomic E-state index is 13.3. The van der Waals surface area contributed by atoms with Crippen LogP contribution in [0.1, 0.15) is 30.9 Å². The number of carbonyl (C=O) groups excluding carboxylic acids is 1. The van der Waals surface area contributed by atoms with Crippen LogP contribution >= 0.6 is 11.6 Å². The number of carbonyl (C=O) groups is 1. The van der Waals surface area contributed by atoms with Gasteiger partial charge in [0.1, 0.15) is 5.82 Å². The van der Waals surface area contributed by atoms with E-state index in [1.54, 1.807) is 18.2 Å². The number of nitrogens with one attached hydrogen (secondary N) is 1. The predicted octanol–water partition coefficient (Wildman–Crippen LogP) is 3.82. The molecule has 0 atom stereocenters. The van der Waals surface area contributed by atoms with Crippen molar-refractivity contribution in [2.45, 2.75) is 31.8 Å². The van der Waals surface area contributed by atoms with E-state index in [4.69, 9.17) is 16.3 Å². The Hall–Kier alpha value is -2.31. The van der Waals surface area contributed by atoms with Crippen molar-refractivity contribution >= 4 is 17.5 Å². The monoisotopic (exact) mass is 406 g/mol. The first-order chi connectivity index (χ1) is 13.3. The van der Waals surface area contributed by atoms with Crippen molar-refractivity contribution in [2.75, 3.05) is 20.2 Å². The highest BCUT2D eigenvalue weighted by Crippen LogP contribution is 2.36. The summed E-state index contributed by atoms with van der Waals surface area (Å²) in [4.78, 5) is 14.1. The first-order valence-electron chi connectivity index (χ1n) is 9.15. The lowest BCUT2D eigenvalue weighted by molar-refractivity contribution is -0.121. The van der Waals surface area contributed by atoms with E-state index in [1.807, 2.05) is 0 Å². The molecule has 0 aromatic heterocycles. The lowest BCUT2D eigenvalue weighted by Crippen LogP contribution is -2.52. The third-order valence-electron chi connectivity index (χ3n) is 5.26. The van der Waals surface area contributed by atoms with Crippen molar-refractivity contribution in [3.8, 4) is 11.5 Å². The third-order valence-corrected chi connectivity index (χ3v) is 5.62. The Morgan fingerprint density at radius 1 is 1.29 bits per heavy atom. The summed E-state index contributed by atoms with van der Waals surface area (Å²) in [5.41, 5.74) is 1.27. The highest BCUT2D eigenvalue weighted by molar-refractivity contribution is 6.31. The number of phenolic OH excluding ortho intramolecular Hbond substituents is 1. The summed E-state index contributed by atoms with van der Waals surface area (Å²) >= 11 is 6.28. The molecule has 1 saturated heterocycles. The first kappa shape index (κ1) is 20.4. The van der Waals surface area contributed by atoms with Gasteiger partial charge in [-0.2, -0.15) is 0 Å². The third kappa shape index (κ3) is 4.39. The number of hydrogen-bond donors (Lipinski definition) is 2. The second kappa shape index (κ2) is 8.37. The molecule has 28 heavy (non-hydrogen) atoms. The van der Waals surface area contributed by atoms with Gasteiger partial charge in [-0.1, -0.05) is 23.7 Å². The van der Waals surface area contributed by atoms with E-state index in [0.717, 1.165) is 24.2 Å². The van der Waals surface area contributed by atoms with Crippen molar-refractivity contribution in [2.24, 2.45) is 0 Å². The fourth-order valence-corrected chi connectivity index (χ4v) is 4.01. The Balaban J connectivity index is 1.76. The van der Waals surface area contributed by atoms with Gasteiger partial charge in [-0.05, 0) is 42.2 Å². The number of ether oxygens (including phenoxy) is 1. The van der Waals surface area contributed by atoms with Gasteiger partial charge >= 0.3 is 0 Å². The molecule has 5 nitrogen and oxygen atoms in total. The summed E-state index contributed by atoms with van der Waals surface area (Å²) < 4.78 is 18.5. The van der Waals surface area contributed by atoms with Crippen LogP contribution in [0.25, 0.3) is 0 Å². The van der Waals surface area contributed by atoms with Gasteiger partial charge in [0.15, 0.2) is 11.5 Å². The van der Waals surface area contributed by atoms with Gasteiger partial charge in [0.2, 0.25) is 5.91 Å². The number of amides is 1. The van der Waals surface area contributed by atoms with E-state index in [9.17, 15) is 14.3 Å². The van der Waals surface area contributed by atoms with E-state index in [-0.39, 0.29) is 17.5 Å². The van der Waals surface area contributed by atoms with Gasteiger partial charge in [0.25, 0.3) is 0 Å². The Morgan fingerprint density at radius 3 is 2.50 bits per heavy atom. The first-order valence-corrected chi connectivity index (χ1v) is 9.53. The molecule has 1 aliphatic heterocycles. The van der Waals surface area contributed by atoms with Crippen LogP contribution in [0.5, 0.6) is 11.5 Å². The fourth-order valence-electron chi connectivity index (χ4n) is 3.80. The van der Waals surface area contributed by atoms with Crippen molar-refractivity contribution in [3.05, 3.63) is 58.4 Å². The van der Waals surface area contributed by atoms with E-state index in [0.29, 0.717) is 30.2 Å². The van der Waals surface area contributed by atoms with Crippen LogP contribution in [0.4, 0.5) is 4.39 Å². The van der Waals surface area contributed by atoms with Gasteiger partial charge in [-0.25, -0.2) is 4.39 Å². The number of methoxy groups -OCH3 is 1. The molecular weight excluding hydrogens is 383 g/mol. The molecule has 1 heterocycles. The molecule has 0 unspecified atom stereocenters. The zero-order valence-corrected chi connectivity index (χ0v) is 16.7. The molecule has 2 aromatic carbocycles. The molecule has 0 aliphatic carbocycles. The van der Waals surface area contributed by atoms with Crippen LogP contribution < -0.4 is 10.1 Å². The molecule has 150 valence electrons. The smallest absolute Gasteiger partial charge is 0.217 e. The average molecular weight is 407 g/mol. The molecular formula is C21H24ClFN2O3. The molecule has 0 spiro atoms. The summed E-state index contributed by atoms with van der Waals surface area (Å²) in [6, 6.07) is 9.56. The van der Waals surface area contributed by atoms with E-state index in [1.165, 1.54) is 32.2 Å². The topological polar surface area (TPSA) is 61.8 Å². The molecule has 3 rings (SSSR count). The number of phenols is 1. The Labute approximate surface area is 169 Å². The highest BCUT2D eigenvalue weighted by Gasteiger charge is 2.37. The molecule has 7 heteroatoms.